The number of aryl methyl sites for hydroxylation is 1. The number of anilines is 2. The summed E-state index contributed by atoms with van der Waals surface area (Å²) in [6.07, 6.45) is 1.50. The highest BCUT2D eigenvalue weighted by Crippen LogP contribution is 2.35. The number of aromatic hydroxyl groups is 1. The highest BCUT2D eigenvalue weighted by Gasteiger charge is 2.27. The summed E-state index contributed by atoms with van der Waals surface area (Å²) in [6, 6.07) is 19.0. The van der Waals surface area contributed by atoms with E-state index in [-0.39, 0.29) is 22.7 Å². The van der Waals surface area contributed by atoms with Crippen LogP contribution in [-0.4, -0.2) is 25.8 Å². The van der Waals surface area contributed by atoms with Crippen LogP contribution in [0.4, 0.5) is 15.8 Å². The van der Waals surface area contributed by atoms with Crippen LogP contribution in [0.25, 0.3) is 10.9 Å². The number of phenols is 1. The van der Waals surface area contributed by atoms with Gasteiger partial charge in [-0.05, 0) is 49.4 Å². The van der Waals surface area contributed by atoms with E-state index in [9.17, 15) is 14.7 Å². The van der Waals surface area contributed by atoms with Crippen molar-refractivity contribution < 1.29 is 19.0 Å². The van der Waals surface area contributed by atoms with E-state index in [1.807, 2.05) is 0 Å². The minimum atomic E-state index is -0.705. The van der Waals surface area contributed by atoms with E-state index < -0.39 is 17.3 Å². The molecule has 0 aliphatic carbocycles. The number of hydrogen-bond acceptors (Lipinski definition) is 5. The van der Waals surface area contributed by atoms with Crippen LogP contribution in [0.3, 0.4) is 0 Å². The lowest BCUT2D eigenvalue weighted by molar-refractivity contribution is 0.0997. The summed E-state index contributed by atoms with van der Waals surface area (Å²) in [7, 11) is 1.64. The van der Waals surface area contributed by atoms with Crippen LogP contribution in [0.1, 0.15) is 16.1 Å². The van der Waals surface area contributed by atoms with Gasteiger partial charge in [0.1, 0.15) is 17.1 Å². The van der Waals surface area contributed by atoms with Gasteiger partial charge in [-0.15, -0.1) is 0 Å². The number of pyridine rings is 1. The van der Waals surface area contributed by atoms with E-state index in [4.69, 9.17) is 4.74 Å². The van der Waals surface area contributed by atoms with Crippen LogP contribution in [0, 0.1) is 12.7 Å². The number of H-pyrrole nitrogens is 1. The van der Waals surface area contributed by atoms with Crippen molar-refractivity contribution in [1.82, 2.24) is 14.8 Å². The molecule has 0 bridgehead atoms. The highest BCUT2D eigenvalue weighted by atomic mass is 19.1. The monoisotopic (exact) mass is 484 g/mol. The molecule has 9 heteroatoms. The number of amides is 1. The van der Waals surface area contributed by atoms with Gasteiger partial charge < -0.3 is 9.84 Å². The molecule has 0 aliphatic heterocycles. The lowest BCUT2D eigenvalue weighted by Gasteiger charge is -2.23. The molecule has 8 nitrogen and oxygen atoms in total. The topological polar surface area (TPSA) is 100 Å². The fourth-order valence-electron chi connectivity index (χ4n) is 3.98. The molecule has 0 unspecified atom stereocenters. The number of para-hydroxylation sites is 1. The van der Waals surface area contributed by atoms with Crippen molar-refractivity contribution in [2.45, 2.75) is 6.92 Å². The molecule has 0 fully saturated rings. The molecule has 0 atom stereocenters. The Labute approximate surface area is 204 Å². The van der Waals surface area contributed by atoms with Crippen LogP contribution in [0.5, 0.6) is 17.2 Å². The number of carbonyl (C=O) groups excluding carboxylic acids is 1. The molecule has 0 saturated heterocycles. The predicted octanol–water partition coefficient (Wildman–Crippen LogP) is 5.19. The number of fused-ring (bicyclic) bond motifs is 1. The zero-order valence-electron chi connectivity index (χ0n) is 19.4. The van der Waals surface area contributed by atoms with Crippen LogP contribution in [0.15, 0.2) is 83.8 Å². The van der Waals surface area contributed by atoms with Crippen LogP contribution in [0.2, 0.25) is 0 Å². The average Bonchev–Trinajstić information content (AvgIpc) is 3.12. The number of aromatic nitrogens is 3. The summed E-state index contributed by atoms with van der Waals surface area (Å²) < 4.78 is 22.6. The molecular weight excluding hydrogens is 463 g/mol. The van der Waals surface area contributed by atoms with Crippen molar-refractivity contribution in [3.63, 3.8) is 0 Å². The molecule has 5 aromatic rings. The fraction of sp³-hybridized carbons (Fsp3) is 0.0741. The molecule has 0 radical (unpaired) electrons. The van der Waals surface area contributed by atoms with Gasteiger partial charge in [-0.3, -0.25) is 29.3 Å². The number of ether oxygens (including phenoxy) is 1. The van der Waals surface area contributed by atoms with Crippen molar-refractivity contribution in [1.29, 1.82) is 0 Å². The number of rotatable bonds is 5. The zero-order valence-corrected chi connectivity index (χ0v) is 19.4. The van der Waals surface area contributed by atoms with Gasteiger partial charge in [0.2, 0.25) is 0 Å². The largest absolute Gasteiger partial charge is 0.508 e. The highest BCUT2D eigenvalue weighted by molar-refractivity contribution is 6.11. The quantitative estimate of drug-likeness (QED) is 0.358. The molecule has 2 N–H and O–H groups in total. The Bertz CT molecular complexity index is 1660. The van der Waals surface area contributed by atoms with Gasteiger partial charge >= 0.3 is 0 Å². The first-order chi connectivity index (χ1) is 17.3. The smallest absolute Gasteiger partial charge is 0.277 e. The molecule has 2 aromatic heterocycles. The average molecular weight is 484 g/mol. The van der Waals surface area contributed by atoms with Crippen LogP contribution >= 0.6 is 0 Å². The predicted molar refractivity (Wildman–Crippen MR) is 134 cm³/mol. The summed E-state index contributed by atoms with van der Waals surface area (Å²) in [5.74, 6) is -0.944. The third kappa shape index (κ3) is 4.07. The Hall–Kier alpha value is -4.92. The minimum Gasteiger partial charge on any atom is -0.508 e. The van der Waals surface area contributed by atoms with Crippen molar-refractivity contribution in [3.8, 4) is 17.2 Å². The molecular formula is C27H21FN4O4. The number of aromatic amines is 1. The summed E-state index contributed by atoms with van der Waals surface area (Å²) in [6.45, 7) is 1.66. The van der Waals surface area contributed by atoms with Crippen molar-refractivity contribution in [2.24, 2.45) is 7.05 Å². The molecule has 3 aromatic carbocycles. The Morgan fingerprint density at radius 3 is 2.50 bits per heavy atom. The van der Waals surface area contributed by atoms with Gasteiger partial charge in [-0.2, -0.15) is 0 Å². The first-order valence-electron chi connectivity index (χ1n) is 11.0. The Balaban J connectivity index is 1.55. The Morgan fingerprint density at radius 1 is 1.03 bits per heavy atom. The number of benzene rings is 3. The maximum absolute atomic E-state index is 15.3. The van der Waals surface area contributed by atoms with E-state index in [0.717, 1.165) is 0 Å². The Morgan fingerprint density at radius 2 is 1.81 bits per heavy atom. The summed E-state index contributed by atoms with van der Waals surface area (Å²) >= 11 is 0. The second kappa shape index (κ2) is 9.03. The van der Waals surface area contributed by atoms with E-state index in [1.54, 1.807) is 62.5 Å². The lowest BCUT2D eigenvalue weighted by atomic mass is 10.1. The molecule has 1 amide bonds. The fourth-order valence-corrected chi connectivity index (χ4v) is 3.98. The maximum Gasteiger partial charge on any atom is 0.277 e. The van der Waals surface area contributed by atoms with Gasteiger partial charge in [0, 0.05) is 42.1 Å². The van der Waals surface area contributed by atoms with Gasteiger partial charge in [-0.1, -0.05) is 18.2 Å². The standard InChI is InChI=1S/C27H21FN4O4/c1-16-25(26(34)30-31(16)2)27(35)32(17-6-4-3-5-7-17)18-8-11-24(21(28)14-18)36-23-12-13-29-22-15-19(33)9-10-20(22)23/h3-15,33H,1-2H3,(H,30,34). The van der Waals surface area contributed by atoms with E-state index in [1.165, 1.54) is 40.0 Å². The molecule has 0 aliphatic rings. The number of hydrogen-bond donors (Lipinski definition) is 2. The van der Waals surface area contributed by atoms with Gasteiger partial charge in [-0.25, -0.2) is 4.39 Å². The molecule has 0 saturated carbocycles. The first-order valence-corrected chi connectivity index (χ1v) is 11.0. The van der Waals surface area contributed by atoms with E-state index >= 15 is 4.39 Å². The van der Waals surface area contributed by atoms with E-state index in [0.29, 0.717) is 28.0 Å². The lowest BCUT2D eigenvalue weighted by Crippen LogP contribution is -2.30. The number of nitrogens with one attached hydrogen (secondary N) is 1. The number of nitrogens with zero attached hydrogens (tertiary/aromatic N) is 3. The maximum atomic E-state index is 15.3. The second-order valence-electron chi connectivity index (χ2n) is 8.16. The molecule has 36 heavy (non-hydrogen) atoms. The summed E-state index contributed by atoms with van der Waals surface area (Å²) in [5, 5.41) is 12.9. The number of carbonyl (C=O) groups is 1. The molecule has 2 heterocycles. The Kier molecular flexibility index (Phi) is 5.73. The van der Waals surface area contributed by atoms with Crippen LogP contribution < -0.4 is 15.2 Å². The normalized spacial score (nSPS) is 11.0. The van der Waals surface area contributed by atoms with Crippen LogP contribution in [-0.2, 0) is 7.05 Å². The summed E-state index contributed by atoms with van der Waals surface area (Å²) in [5.41, 5.74) is 1.09. The van der Waals surface area contributed by atoms with E-state index in [2.05, 4.69) is 10.1 Å². The SMILES string of the molecule is Cc1c(C(=O)N(c2ccccc2)c2ccc(Oc3ccnc4cc(O)ccc34)c(F)c2)c(=O)[nH]n1C. The minimum absolute atomic E-state index is 0.0337. The number of phenolic OH excluding ortho intramolecular Hbond substituents is 1. The summed E-state index contributed by atoms with van der Waals surface area (Å²) in [4.78, 5) is 31.5. The van der Waals surface area contributed by atoms with Gasteiger partial charge in [0.05, 0.1) is 11.2 Å². The van der Waals surface area contributed by atoms with Crippen molar-refractivity contribution >= 4 is 28.2 Å². The first kappa shape index (κ1) is 22.9. The molecule has 180 valence electrons. The second-order valence-corrected chi connectivity index (χ2v) is 8.16. The molecule has 5 rings (SSSR count). The molecule has 0 spiro atoms. The third-order valence-electron chi connectivity index (χ3n) is 5.87. The zero-order chi connectivity index (χ0) is 25.4. The number of halogens is 1. The third-order valence-corrected chi connectivity index (χ3v) is 5.87. The van der Waals surface area contributed by atoms with Gasteiger partial charge in [0.25, 0.3) is 11.5 Å². The van der Waals surface area contributed by atoms with Crippen molar-refractivity contribution in [2.75, 3.05) is 4.90 Å². The van der Waals surface area contributed by atoms with Gasteiger partial charge in [0.15, 0.2) is 11.6 Å². The van der Waals surface area contributed by atoms with Crippen molar-refractivity contribution in [3.05, 3.63) is 106 Å².